The average Bonchev–Trinajstić information content (AvgIpc) is 3.05. The largest absolute Gasteiger partial charge is 0.382 e. The summed E-state index contributed by atoms with van der Waals surface area (Å²) in [5.74, 6) is 0.0336. The summed E-state index contributed by atoms with van der Waals surface area (Å²) < 4.78 is 12.9. The highest BCUT2D eigenvalue weighted by atomic mass is 19.1. The average molecular weight is 316 g/mol. The number of nitrogens with zero attached hydrogens (tertiary/aromatic N) is 1. The van der Waals surface area contributed by atoms with Crippen LogP contribution in [0.25, 0.3) is 0 Å². The van der Waals surface area contributed by atoms with Gasteiger partial charge in [0.1, 0.15) is 11.5 Å². The number of rotatable bonds is 5. The fourth-order valence-electron chi connectivity index (χ4n) is 2.97. The number of amides is 1. The number of benzene rings is 1. The maximum Gasteiger partial charge on any atom is 0.275 e. The van der Waals surface area contributed by atoms with Crippen LogP contribution < -0.4 is 10.6 Å². The SMILES string of the molecule is O=C(Nc1ccc(F)cc1)c1[nH]ncc1NCC1CCCCC1. The van der Waals surface area contributed by atoms with Gasteiger partial charge in [0.25, 0.3) is 5.91 Å². The third-order valence-electron chi connectivity index (χ3n) is 4.27. The minimum atomic E-state index is -0.334. The van der Waals surface area contributed by atoms with Crippen LogP contribution >= 0.6 is 0 Å². The van der Waals surface area contributed by atoms with Gasteiger partial charge in [0.2, 0.25) is 0 Å². The summed E-state index contributed by atoms with van der Waals surface area (Å²) >= 11 is 0. The van der Waals surface area contributed by atoms with Crippen LogP contribution in [0, 0.1) is 11.7 Å². The van der Waals surface area contributed by atoms with Crippen LogP contribution in [-0.4, -0.2) is 22.6 Å². The van der Waals surface area contributed by atoms with Crippen molar-refractivity contribution in [1.82, 2.24) is 10.2 Å². The molecule has 0 bridgehead atoms. The number of carbonyl (C=O) groups excluding carboxylic acids is 1. The van der Waals surface area contributed by atoms with Gasteiger partial charge in [-0.1, -0.05) is 19.3 Å². The summed E-state index contributed by atoms with van der Waals surface area (Å²) in [6.45, 7) is 0.858. The fourth-order valence-corrected chi connectivity index (χ4v) is 2.97. The summed E-state index contributed by atoms with van der Waals surface area (Å²) in [6, 6.07) is 5.67. The van der Waals surface area contributed by atoms with Gasteiger partial charge in [-0.2, -0.15) is 5.10 Å². The Bertz CT molecular complexity index is 647. The molecule has 0 saturated heterocycles. The smallest absolute Gasteiger partial charge is 0.275 e. The van der Waals surface area contributed by atoms with Gasteiger partial charge in [-0.15, -0.1) is 0 Å². The molecule has 1 fully saturated rings. The Morgan fingerprint density at radius 3 is 2.70 bits per heavy atom. The highest BCUT2D eigenvalue weighted by Crippen LogP contribution is 2.24. The predicted molar refractivity (Wildman–Crippen MR) is 88.0 cm³/mol. The fraction of sp³-hybridized carbons (Fsp3) is 0.412. The van der Waals surface area contributed by atoms with Gasteiger partial charge in [0, 0.05) is 12.2 Å². The lowest BCUT2D eigenvalue weighted by Crippen LogP contribution is -2.19. The van der Waals surface area contributed by atoms with Crippen LogP contribution in [0.2, 0.25) is 0 Å². The summed E-state index contributed by atoms with van der Waals surface area (Å²) in [6.07, 6.45) is 8.01. The molecular formula is C17H21FN4O. The Morgan fingerprint density at radius 2 is 1.96 bits per heavy atom. The van der Waals surface area contributed by atoms with Crippen molar-refractivity contribution in [3.8, 4) is 0 Å². The molecule has 0 atom stereocenters. The molecule has 5 nitrogen and oxygen atoms in total. The molecule has 1 amide bonds. The van der Waals surface area contributed by atoms with Gasteiger partial charge >= 0.3 is 0 Å². The van der Waals surface area contributed by atoms with E-state index in [9.17, 15) is 9.18 Å². The van der Waals surface area contributed by atoms with Crippen molar-refractivity contribution >= 4 is 17.3 Å². The van der Waals surface area contributed by atoms with Gasteiger partial charge in [0.15, 0.2) is 0 Å². The van der Waals surface area contributed by atoms with E-state index in [0.29, 0.717) is 23.0 Å². The van der Waals surface area contributed by atoms with Crippen LogP contribution in [-0.2, 0) is 0 Å². The Hall–Kier alpha value is -2.37. The maximum absolute atomic E-state index is 12.9. The highest BCUT2D eigenvalue weighted by molar-refractivity contribution is 6.06. The van der Waals surface area contributed by atoms with Crippen molar-refractivity contribution < 1.29 is 9.18 Å². The second-order valence-corrected chi connectivity index (χ2v) is 6.00. The number of nitrogens with one attached hydrogen (secondary N) is 3. The van der Waals surface area contributed by atoms with Gasteiger partial charge in [-0.05, 0) is 43.0 Å². The molecule has 0 spiro atoms. The summed E-state index contributed by atoms with van der Waals surface area (Å²) in [4.78, 5) is 12.3. The second kappa shape index (κ2) is 7.26. The number of halogens is 1. The first-order valence-corrected chi connectivity index (χ1v) is 8.06. The maximum atomic E-state index is 12.9. The molecule has 1 saturated carbocycles. The van der Waals surface area contributed by atoms with Gasteiger partial charge < -0.3 is 10.6 Å². The number of aromatic amines is 1. The Morgan fingerprint density at radius 1 is 1.22 bits per heavy atom. The summed E-state index contributed by atoms with van der Waals surface area (Å²) in [5, 5.41) is 12.7. The van der Waals surface area contributed by atoms with E-state index in [0.717, 1.165) is 6.54 Å². The number of hydrogen-bond donors (Lipinski definition) is 3. The van der Waals surface area contributed by atoms with Crippen LogP contribution in [0.4, 0.5) is 15.8 Å². The van der Waals surface area contributed by atoms with E-state index in [4.69, 9.17) is 0 Å². The zero-order valence-electron chi connectivity index (χ0n) is 12.9. The Balaban J connectivity index is 1.60. The van der Waals surface area contributed by atoms with Crippen molar-refractivity contribution in [2.24, 2.45) is 5.92 Å². The van der Waals surface area contributed by atoms with E-state index < -0.39 is 0 Å². The Labute approximate surface area is 134 Å². The molecule has 1 heterocycles. The van der Waals surface area contributed by atoms with E-state index in [1.54, 1.807) is 6.20 Å². The number of hydrogen-bond acceptors (Lipinski definition) is 3. The van der Waals surface area contributed by atoms with Crippen molar-refractivity contribution in [3.63, 3.8) is 0 Å². The predicted octanol–water partition coefficient (Wildman–Crippen LogP) is 3.79. The molecule has 0 radical (unpaired) electrons. The normalized spacial score (nSPS) is 15.3. The van der Waals surface area contributed by atoms with Crippen LogP contribution in [0.1, 0.15) is 42.6 Å². The van der Waals surface area contributed by atoms with Gasteiger partial charge in [-0.3, -0.25) is 9.89 Å². The number of anilines is 2. The number of carbonyl (C=O) groups is 1. The Kier molecular flexibility index (Phi) is 4.90. The standard InChI is InChI=1S/C17H21FN4O/c18-13-6-8-14(9-7-13)21-17(23)16-15(11-20-22-16)19-10-12-4-2-1-3-5-12/h6-9,11-12,19H,1-5,10H2,(H,20,22)(H,21,23). The molecule has 122 valence electrons. The lowest BCUT2D eigenvalue weighted by molar-refractivity contribution is 0.102. The lowest BCUT2D eigenvalue weighted by atomic mass is 9.89. The molecule has 0 unspecified atom stereocenters. The molecule has 3 N–H and O–H groups in total. The van der Waals surface area contributed by atoms with Gasteiger partial charge in [0.05, 0.1) is 11.9 Å². The molecule has 23 heavy (non-hydrogen) atoms. The van der Waals surface area contributed by atoms with Crippen LogP contribution in [0.15, 0.2) is 30.5 Å². The van der Waals surface area contributed by atoms with E-state index in [-0.39, 0.29) is 11.7 Å². The van der Waals surface area contributed by atoms with Crippen LogP contribution in [0.3, 0.4) is 0 Å². The zero-order chi connectivity index (χ0) is 16.1. The molecule has 2 aromatic rings. The summed E-state index contributed by atoms with van der Waals surface area (Å²) in [7, 11) is 0. The zero-order valence-corrected chi connectivity index (χ0v) is 12.9. The minimum absolute atomic E-state index is 0.291. The van der Waals surface area contributed by atoms with Crippen molar-refractivity contribution in [2.45, 2.75) is 32.1 Å². The first-order chi connectivity index (χ1) is 11.2. The molecule has 3 rings (SSSR count). The third kappa shape index (κ3) is 4.09. The molecule has 1 aromatic carbocycles. The third-order valence-corrected chi connectivity index (χ3v) is 4.27. The van der Waals surface area contributed by atoms with E-state index in [1.807, 2.05) is 0 Å². The molecular weight excluding hydrogens is 295 g/mol. The monoisotopic (exact) mass is 316 g/mol. The van der Waals surface area contributed by atoms with Crippen molar-refractivity contribution in [2.75, 3.05) is 17.2 Å². The van der Waals surface area contributed by atoms with Gasteiger partial charge in [-0.25, -0.2) is 4.39 Å². The molecule has 0 aliphatic heterocycles. The molecule has 1 aliphatic carbocycles. The molecule has 6 heteroatoms. The molecule has 1 aliphatic rings. The van der Waals surface area contributed by atoms with Crippen LogP contribution in [0.5, 0.6) is 0 Å². The van der Waals surface area contributed by atoms with E-state index in [1.165, 1.54) is 56.4 Å². The quantitative estimate of drug-likeness (QED) is 0.786. The van der Waals surface area contributed by atoms with Crippen molar-refractivity contribution in [3.05, 3.63) is 42.0 Å². The van der Waals surface area contributed by atoms with E-state index in [2.05, 4.69) is 20.8 Å². The second-order valence-electron chi connectivity index (χ2n) is 6.00. The number of aromatic nitrogens is 2. The molecule has 1 aromatic heterocycles. The summed E-state index contributed by atoms with van der Waals surface area (Å²) in [5.41, 5.74) is 1.64. The van der Waals surface area contributed by atoms with E-state index >= 15 is 0 Å². The minimum Gasteiger partial charge on any atom is -0.382 e. The van der Waals surface area contributed by atoms with Crippen molar-refractivity contribution in [1.29, 1.82) is 0 Å². The highest BCUT2D eigenvalue weighted by Gasteiger charge is 2.17. The number of H-pyrrole nitrogens is 1. The first-order valence-electron chi connectivity index (χ1n) is 8.06. The topological polar surface area (TPSA) is 69.8 Å². The lowest BCUT2D eigenvalue weighted by Gasteiger charge is -2.22. The first kappa shape index (κ1) is 15.5.